The maximum atomic E-state index is 13.5. The number of carbonyl (C=O) groups excluding carboxylic acids is 2. The van der Waals surface area contributed by atoms with Gasteiger partial charge >= 0.3 is 0 Å². The molecule has 0 aliphatic carbocycles. The fraction of sp³-hybridized carbons (Fsp3) is 0.238. The van der Waals surface area contributed by atoms with Crippen LogP contribution < -0.4 is 5.32 Å². The van der Waals surface area contributed by atoms with Crippen LogP contribution in [-0.4, -0.2) is 46.8 Å². The van der Waals surface area contributed by atoms with Crippen LogP contribution >= 0.6 is 11.6 Å². The average molecular weight is 431 g/mol. The second-order valence-corrected chi connectivity index (χ2v) is 7.19. The van der Waals surface area contributed by atoms with Crippen LogP contribution in [-0.2, 0) is 4.79 Å². The topological polar surface area (TPSA) is 86.1 Å². The van der Waals surface area contributed by atoms with Gasteiger partial charge in [-0.15, -0.1) is 0 Å². The minimum Gasteiger partial charge on any atom is -0.343 e. The number of hydrogen-bond donors (Lipinski definition) is 1. The quantitative estimate of drug-likeness (QED) is 0.787. The van der Waals surface area contributed by atoms with E-state index in [0.29, 0.717) is 10.6 Å². The number of halogens is 3. The Bertz CT molecular complexity index is 1020. The van der Waals surface area contributed by atoms with Crippen molar-refractivity contribution in [2.24, 2.45) is 0 Å². The maximum Gasteiger partial charge on any atom is 0.268 e. The van der Waals surface area contributed by atoms with Crippen molar-refractivity contribution in [2.75, 3.05) is 13.1 Å². The molecule has 154 valence electrons. The van der Waals surface area contributed by atoms with Gasteiger partial charge in [0.15, 0.2) is 0 Å². The van der Waals surface area contributed by atoms with Gasteiger partial charge in [-0.3, -0.25) is 14.6 Å². The number of alkyl halides is 2. The second kappa shape index (κ2) is 9.01. The third-order valence-corrected chi connectivity index (χ3v) is 4.81. The monoisotopic (exact) mass is 430 g/mol. The highest BCUT2D eigenvalue weighted by molar-refractivity contribution is 6.30. The summed E-state index contributed by atoms with van der Waals surface area (Å²) in [6, 6.07) is 9.08. The van der Waals surface area contributed by atoms with Gasteiger partial charge in [0.2, 0.25) is 5.91 Å². The Labute approximate surface area is 176 Å². The summed E-state index contributed by atoms with van der Waals surface area (Å²) in [5, 5.41) is 12.0. The number of pyridine rings is 1. The smallest absolute Gasteiger partial charge is 0.268 e. The normalized spacial score (nSPS) is 17.7. The standard InChI is InChI=1S/C21H17ClF2N4O2/c22-16-5-2-14(3-6-16)1-4-15-11-26-8-7-18(15)20(30)27-12-19(29)28-13-21(23,24)9-17(28)10-25/h1-8,11,17H,9,12-13H2,(H,27,30)/b4-1+/t17-/m0/s1. The number of nitriles is 1. The third kappa shape index (κ3) is 5.19. The molecule has 2 heterocycles. The molecule has 1 aromatic heterocycles. The first-order valence-electron chi connectivity index (χ1n) is 9.02. The summed E-state index contributed by atoms with van der Waals surface area (Å²) in [5.74, 6) is -4.40. The molecule has 1 aromatic carbocycles. The number of benzene rings is 1. The van der Waals surface area contributed by atoms with E-state index in [4.69, 9.17) is 16.9 Å². The lowest BCUT2D eigenvalue weighted by molar-refractivity contribution is -0.131. The van der Waals surface area contributed by atoms with E-state index >= 15 is 0 Å². The molecule has 3 rings (SSSR count). The number of nitrogens with zero attached hydrogens (tertiary/aromatic N) is 3. The summed E-state index contributed by atoms with van der Waals surface area (Å²) in [5.41, 5.74) is 1.65. The minimum absolute atomic E-state index is 0.270. The van der Waals surface area contributed by atoms with Gasteiger partial charge < -0.3 is 10.2 Å². The Hall–Kier alpha value is -3.31. The Kier molecular flexibility index (Phi) is 6.43. The fourth-order valence-electron chi connectivity index (χ4n) is 3.05. The molecule has 0 radical (unpaired) electrons. The van der Waals surface area contributed by atoms with Gasteiger partial charge in [0.25, 0.3) is 11.8 Å². The van der Waals surface area contributed by atoms with Crippen LogP contribution in [0.25, 0.3) is 12.2 Å². The molecule has 2 aromatic rings. The Balaban J connectivity index is 1.67. The van der Waals surface area contributed by atoms with E-state index < -0.39 is 43.3 Å². The number of nitrogens with one attached hydrogen (secondary N) is 1. The van der Waals surface area contributed by atoms with Crippen molar-refractivity contribution < 1.29 is 18.4 Å². The molecule has 6 nitrogen and oxygen atoms in total. The van der Waals surface area contributed by atoms with Crippen LogP contribution in [0, 0.1) is 11.3 Å². The molecule has 0 unspecified atom stereocenters. The zero-order chi connectivity index (χ0) is 21.7. The van der Waals surface area contributed by atoms with Gasteiger partial charge in [0.05, 0.1) is 19.2 Å². The van der Waals surface area contributed by atoms with Gasteiger partial charge in [-0.2, -0.15) is 5.26 Å². The maximum absolute atomic E-state index is 13.5. The first kappa shape index (κ1) is 21.4. The van der Waals surface area contributed by atoms with Crippen molar-refractivity contribution in [3.63, 3.8) is 0 Å². The predicted octanol–water partition coefficient (Wildman–Crippen LogP) is 3.39. The largest absolute Gasteiger partial charge is 0.343 e. The van der Waals surface area contributed by atoms with E-state index in [1.54, 1.807) is 30.4 Å². The summed E-state index contributed by atoms with van der Waals surface area (Å²) in [7, 11) is 0. The molecule has 1 aliphatic heterocycles. The van der Waals surface area contributed by atoms with Crippen molar-refractivity contribution in [3.8, 4) is 6.07 Å². The second-order valence-electron chi connectivity index (χ2n) is 6.76. The lowest BCUT2D eigenvalue weighted by Crippen LogP contribution is -2.43. The van der Waals surface area contributed by atoms with E-state index in [2.05, 4.69) is 10.3 Å². The number of hydrogen-bond acceptors (Lipinski definition) is 4. The summed E-state index contributed by atoms with van der Waals surface area (Å²) in [6.07, 6.45) is 5.70. The number of likely N-dealkylation sites (tertiary alicyclic amines) is 1. The zero-order valence-corrected chi connectivity index (χ0v) is 16.4. The summed E-state index contributed by atoms with van der Waals surface area (Å²) in [4.78, 5) is 29.6. The first-order chi connectivity index (χ1) is 14.3. The third-order valence-electron chi connectivity index (χ3n) is 4.56. The van der Waals surface area contributed by atoms with Gasteiger partial charge in [-0.05, 0) is 23.8 Å². The molecular weight excluding hydrogens is 414 g/mol. The fourth-order valence-corrected chi connectivity index (χ4v) is 3.18. The Morgan fingerprint density at radius 3 is 2.73 bits per heavy atom. The number of rotatable bonds is 5. The van der Waals surface area contributed by atoms with Crippen LogP contribution in [0.2, 0.25) is 5.02 Å². The van der Waals surface area contributed by atoms with Crippen molar-refractivity contribution in [2.45, 2.75) is 18.4 Å². The molecule has 0 spiro atoms. The highest BCUT2D eigenvalue weighted by atomic mass is 35.5. The number of carbonyl (C=O) groups is 2. The van der Waals surface area contributed by atoms with Crippen molar-refractivity contribution in [1.82, 2.24) is 15.2 Å². The number of amides is 2. The Morgan fingerprint density at radius 2 is 2.03 bits per heavy atom. The molecule has 0 bridgehead atoms. The molecule has 1 N–H and O–H groups in total. The molecule has 2 amide bonds. The molecule has 1 saturated heterocycles. The highest BCUT2D eigenvalue weighted by Crippen LogP contribution is 2.31. The van der Waals surface area contributed by atoms with E-state index in [0.717, 1.165) is 10.5 Å². The van der Waals surface area contributed by atoms with Gasteiger partial charge in [0.1, 0.15) is 6.04 Å². The molecule has 1 atom stereocenters. The Morgan fingerprint density at radius 1 is 1.30 bits per heavy atom. The van der Waals surface area contributed by atoms with Crippen molar-refractivity contribution in [1.29, 1.82) is 5.26 Å². The summed E-state index contributed by atoms with van der Waals surface area (Å²) in [6.45, 7) is -1.32. The molecule has 1 aliphatic rings. The summed E-state index contributed by atoms with van der Waals surface area (Å²) >= 11 is 5.86. The van der Waals surface area contributed by atoms with Crippen LogP contribution in [0.15, 0.2) is 42.7 Å². The van der Waals surface area contributed by atoms with E-state index in [9.17, 15) is 18.4 Å². The molecule has 9 heteroatoms. The van der Waals surface area contributed by atoms with E-state index in [-0.39, 0.29) is 5.56 Å². The summed E-state index contributed by atoms with van der Waals surface area (Å²) < 4.78 is 27.0. The van der Waals surface area contributed by atoms with E-state index in [1.807, 2.05) is 12.1 Å². The van der Waals surface area contributed by atoms with Gasteiger partial charge in [-0.25, -0.2) is 8.78 Å². The van der Waals surface area contributed by atoms with Crippen LogP contribution in [0.1, 0.15) is 27.9 Å². The molecule has 30 heavy (non-hydrogen) atoms. The lowest BCUT2D eigenvalue weighted by atomic mass is 10.1. The minimum atomic E-state index is -3.11. The lowest BCUT2D eigenvalue weighted by Gasteiger charge is -2.19. The van der Waals surface area contributed by atoms with Gasteiger partial charge in [-0.1, -0.05) is 35.9 Å². The predicted molar refractivity (Wildman–Crippen MR) is 108 cm³/mol. The van der Waals surface area contributed by atoms with Crippen LogP contribution in [0.4, 0.5) is 8.78 Å². The highest BCUT2D eigenvalue weighted by Gasteiger charge is 2.47. The molecular formula is C21H17ClF2N4O2. The van der Waals surface area contributed by atoms with Crippen molar-refractivity contribution in [3.05, 3.63) is 64.4 Å². The average Bonchev–Trinajstić information content (AvgIpc) is 3.06. The van der Waals surface area contributed by atoms with Gasteiger partial charge in [0, 0.05) is 35.0 Å². The van der Waals surface area contributed by atoms with Crippen molar-refractivity contribution >= 4 is 35.6 Å². The zero-order valence-electron chi connectivity index (χ0n) is 15.7. The van der Waals surface area contributed by atoms with Crippen LogP contribution in [0.5, 0.6) is 0 Å². The first-order valence-corrected chi connectivity index (χ1v) is 9.40. The van der Waals surface area contributed by atoms with Crippen LogP contribution in [0.3, 0.4) is 0 Å². The molecule has 0 saturated carbocycles. The van der Waals surface area contributed by atoms with E-state index in [1.165, 1.54) is 18.5 Å². The molecule has 1 fully saturated rings. The SMILES string of the molecule is N#C[C@@H]1CC(F)(F)CN1C(=O)CNC(=O)c1ccncc1/C=C/c1ccc(Cl)cc1. The number of aromatic nitrogens is 1.